The third-order valence-electron chi connectivity index (χ3n) is 3.40. The number of methoxy groups -OCH3 is 2. The minimum Gasteiger partial charge on any atom is -0.365 e. The van der Waals surface area contributed by atoms with Crippen LogP contribution in [0.5, 0.6) is 0 Å². The van der Waals surface area contributed by atoms with Crippen molar-refractivity contribution in [2.75, 3.05) is 27.3 Å². The number of aryl methyl sites for hydroxylation is 1. The summed E-state index contributed by atoms with van der Waals surface area (Å²) in [4.78, 5) is 15.0. The number of non-ortho nitro benzene ring substituents is 1. The molecule has 114 valence electrons. The Kier molecular flexibility index (Phi) is 5.24. The van der Waals surface area contributed by atoms with Crippen molar-refractivity contribution in [2.24, 2.45) is 4.99 Å². The maximum Gasteiger partial charge on any atom is 0.270 e. The Bertz CT molecular complexity index is 541. The molecule has 1 aliphatic rings. The van der Waals surface area contributed by atoms with Crippen LogP contribution in [0.2, 0.25) is 0 Å². The zero-order valence-corrected chi connectivity index (χ0v) is 12.2. The summed E-state index contributed by atoms with van der Waals surface area (Å²) in [7, 11) is 3.12. The molecular formula is C14H19N3O4. The Hall–Kier alpha value is -1.99. The molecule has 7 nitrogen and oxygen atoms in total. The van der Waals surface area contributed by atoms with Crippen molar-refractivity contribution in [2.45, 2.75) is 19.1 Å². The van der Waals surface area contributed by atoms with Gasteiger partial charge < -0.3 is 14.8 Å². The summed E-state index contributed by atoms with van der Waals surface area (Å²) in [6.07, 6.45) is 1.40. The fourth-order valence-electron chi connectivity index (χ4n) is 2.26. The predicted octanol–water partition coefficient (Wildman–Crippen LogP) is 1.50. The maximum absolute atomic E-state index is 10.9. The van der Waals surface area contributed by atoms with Gasteiger partial charge in [-0.05, 0) is 18.4 Å². The van der Waals surface area contributed by atoms with Gasteiger partial charge in [0.25, 0.3) is 5.69 Å². The third-order valence-corrected chi connectivity index (χ3v) is 3.40. The first-order chi connectivity index (χ1) is 10.2. The van der Waals surface area contributed by atoms with E-state index in [2.05, 4.69) is 10.3 Å². The fraction of sp³-hybridized carbons (Fsp3) is 0.500. The van der Waals surface area contributed by atoms with E-state index in [4.69, 9.17) is 9.47 Å². The molecular weight excluding hydrogens is 274 g/mol. The third kappa shape index (κ3) is 3.77. The van der Waals surface area contributed by atoms with Crippen LogP contribution in [-0.2, 0) is 15.9 Å². The van der Waals surface area contributed by atoms with Gasteiger partial charge >= 0.3 is 0 Å². The smallest absolute Gasteiger partial charge is 0.270 e. The van der Waals surface area contributed by atoms with Crippen LogP contribution >= 0.6 is 0 Å². The van der Waals surface area contributed by atoms with Gasteiger partial charge in [0.15, 0.2) is 6.29 Å². The molecule has 0 atom stereocenters. The molecule has 0 amide bonds. The van der Waals surface area contributed by atoms with Crippen LogP contribution in [0.3, 0.4) is 0 Å². The summed E-state index contributed by atoms with van der Waals surface area (Å²) < 4.78 is 10.2. The summed E-state index contributed by atoms with van der Waals surface area (Å²) in [5.41, 5.74) is 1.92. The lowest BCUT2D eigenvalue weighted by molar-refractivity contribution is -0.384. The number of benzene rings is 1. The van der Waals surface area contributed by atoms with Crippen molar-refractivity contribution >= 4 is 11.5 Å². The highest BCUT2D eigenvalue weighted by Gasteiger charge is 2.18. The number of nitro groups is 1. The highest BCUT2D eigenvalue weighted by atomic mass is 16.7. The molecule has 1 aromatic carbocycles. The van der Waals surface area contributed by atoms with Gasteiger partial charge in [-0.25, -0.2) is 0 Å². The summed E-state index contributed by atoms with van der Waals surface area (Å²) in [6, 6.07) is 4.91. The Morgan fingerprint density at radius 1 is 1.43 bits per heavy atom. The summed E-state index contributed by atoms with van der Waals surface area (Å²) >= 11 is 0. The van der Waals surface area contributed by atoms with Crippen LogP contribution < -0.4 is 5.32 Å². The van der Waals surface area contributed by atoms with Crippen LogP contribution in [0.25, 0.3) is 0 Å². The number of amidine groups is 1. The monoisotopic (exact) mass is 293 g/mol. The lowest BCUT2D eigenvalue weighted by Gasteiger charge is -2.17. The van der Waals surface area contributed by atoms with Gasteiger partial charge in [0.1, 0.15) is 5.84 Å². The molecule has 7 heteroatoms. The van der Waals surface area contributed by atoms with E-state index in [9.17, 15) is 10.1 Å². The SMILES string of the molecule is COC(CNC1=NCCCc2ccc([N+](=O)[O-])cc21)OC. The van der Waals surface area contributed by atoms with E-state index in [-0.39, 0.29) is 5.69 Å². The summed E-state index contributed by atoms with van der Waals surface area (Å²) in [5, 5.41) is 14.1. The summed E-state index contributed by atoms with van der Waals surface area (Å²) in [5.74, 6) is 0.658. The molecule has 0 unspecified atom stereocenters. The highest BCUT2D eigenvalue weighted by Crippen LogP contribution is 2.21. The fourth-order valence-corrected chi connectivity index (χ4v) is 2.26. The second-order valence-electron chi connectivity index (χ2n) is 4.71. The number of ether oxygens (including phenoxy) is 2. The number of nitrogens with zero attached hydrogens (tertiary/aromatic N) is 2. The van der Waals surface area contributed by atoms with Gasteiger partial charge in [-0.1, -0.05) is 6.07 Å². The van der Waals surface area contributed by atoms with Crippen molar-refractivity contribution < 1.29 is 14.4 Å². The lowest BCUT2D eigenvalue weighted by Crippen LogP contribution is -2.35. The highest BCUT2D eigenvalue weighted by molar-refractivity contribution is 6.00. The van der Waals surface area contributed by atoms with Gasteiger partial charge in [0, 0.05) is 38.5 Å². The number of nitrogens with one attached hydrogen (secondary N) is 1. The molecule has 1 aromatic rings. The first-order valence-corrected chi connectivity index (χ1v) is 6.77. The molecule has 0 aliphatic carbocycles. The normalized spacial score (nSPS) is 14.3. The molecule has 21 heavy (non-hydrogen) atoms. The van der Waals surface area contributed by atoms with Gasteiger partial charge in [-0.15, -0.1) is 0 Å². The Morgan fingerprint density at radius 3 is 2.86 bits per heavy atom. The van der Waals surface area contributed by atoms with Crippen LogP contribution in [-0.4, -0.2) is 44.4 Å². The van der Waals surface area contributed by atoms with E-state index >= 15 is 0 Å². The molecule has 0 saturated heterocycles. The standard InChI is InChI=1S/C14H19N3O4/c1-20-13(21-2)9-16-14-12-8-11(17(18)19)6-5-10(12)4-3-7-15-14/h5-6,8,13H,3-4,7,9H2,1-2H3,(H,15,16). The van der Waals surface area contributed by atoms with Crippen molar-refractivity contribution in [3.8, 4) is 0 Å². The molecule has 2 rings (SSSR count). The Balaban J connectivity index is 2.24. The van der Waals surface area contributed by atoms with Crippen molar-refractivity contribution in [1.82, 2.24) is 5.32 Å². The molecule has 0 saturated carbocycles. The van der Waals surface area contributed by atoms with Crippen LogP contribution in [0.4, 0.5) is 5.69 Å². The molecule has 0 aromatic heterocycles. The maximum atomic E-state index is 10.9. The van der Waals surface area contributed by atoms with Gasteiger partial charge in [0.05, 0.1) is 11.5 Å². The zero-order valence-electron chi connectivity index (χ0n) is 12.2. The number of hydrogen-bond donors (Lipinski definition) is 1. The Labute approximate surface area is 123 Å². The minimum absolute atomic E-state index is 0.0696. The molecule has 0 spiro atoms. The topological polar surface area (TPSA) is 86.0 Å². The molecule has 0 bridgehead atoms. The number of rotatable bonds is 5. The van der Waals surface area contributed by atoms with E-state index in [1.165, 1.54) is 6.07 Å². The summed E-state index contributed by atoms with van der Waals surface area (Å²) in [6.45, 7) is 1.11. The lowest BCUT2D eigenvalue weighted by atomic mass is 10.0. The number of hydrogen-bond acceptors (Lipinski definition) is 6. The number of nitro benzene ring substituents is 1. The average molecular weight is 293 g/mol. The number of aliphatic imine (C=N–C) groups is 1. The second kappa shape index (κ2) is 7.14. The van der Waals surface area contributed by atoms with Crippen LogP contribution in [0.15, 0.2) is 23.2 Å². The predicted molar refractivity (Wildman–Crippen MR) is 78.6 cm³/mol. The largest absolute Gasteiger partial charge is 0.365 e. The van der Waals surface area contributed by atoms with E-state index in [0.717, 1.165) is 24.0 Å². The molecule has 0 fully saturated rings. The van der Waals surface area contributed by atoms with E-state index in [0.29, 0.717) is 18.9 Å². The number of fused-ring (bicyclic) bond motifs is 1. The molecule has 1 aliphatic heterocycles. The first kappa shape index (κ1) is 15.4. The van der Waals surface area contributed by atoms with Crippen LogP contribution in [0, 0.1) is 10.1 Å². The van der Waals surface area contributed by atoms with Gasteiger partial charge in [0.2, 0.25) is 0 Å². The Morgan fingerprint density at radius 2 is 2.19 bits per heavy atom. The van der Waals surface area contributed by atoms with E-state index in [1.54, 1.807) is 26.4 Å². The van der Waals surface area contributed by atoms with Gasteiger partial charge in [-0.3, -0.25) is 15.1 Å². The zero-order chi connectivity index (χ0) is 15.2. The average Bonchev–Trinajstić information content (AvgIpc) is 2.70. The van der Waals surface area contributed by atoms with E-state index in [1.807, 2.05) is 0 Å². The second-order valence-corrected chi connectivity index (χ2v) is 4.71. The van der Waals surface area contributed by atoms with Crippen molar-refractivity contribution in [3.63, 3.8) is 0 Å². The van der Waals surface area contributed by atoms with E-state index < -0.39 is 11.2 Å². The van der Waals surface area contributed by atoms with Crippen molar-refractivity contribution in [3.05, 3.63) is 39.4 Å². The molecule has 0 radical (unpaired) electrons. The first-order valence-electron chi connectivity index (χ1n) is 6.77. The molecule has 1 heterocycles. The van der Waals surface area contributed by atoms with Crippen LogP contribution in [0.1, 0.15) is 17.5 Å². The van der Waals surface area contributed by atoms with Gasteiger partial charge in [-0.2, -0.15) is 0 Å². The molecule has 1 N–H and O–H groups in total. The minimum atomic E-state index is -0.393. The van der Waals surface area contributed by atoms with Crippen molar-refractivity contribution in [1.29, 1.82) is 0 Å². The quantitative estimate of drug-likeness (QED) is 0.505.